The third kappa shape index (κ3) is 3.67. The molecule has 2 heterocycles. The Kier molecular flexibility index (Phi) is 4.93. The molecule has 1 atom stereocenters. The van der Waals surface area contributed by atoms with Crippen LogP contribution in [0.25, 0.3) is 0 Å². The number of amides is 2. The molecule has 1 N–H and O–H groups in total. The van der Waals surface area contributed by atoms with Gasteiger partial charge in [0, 0.05) is 31.8 Å². The second-order valence-corrected chi connectivity index (χ2v) is 7.61. The molecule has 28 heavy (non-hydrogen) atoms. The first-order valence-electron chi connectivity index (χ1n) is 9.44. The number of likely N-dealkylation sites (tertiary alicyclic amines) is 1. The van der Waals surface area contributed by atoms with Crippen LogP contribution in [0.1, 0.15) is 35.6 Å². The molecule has 0 radical (unpaired) electrons. The number of piperidine rings is 1. The third-order valence-electron chi connectivity index (χ3n) is 5.80. The average molecular weight is 386 g/mol. The quantitative estimate of drug-likeness (QED) is 0.854. The largest absolute Gasteiger partial charge is 0.453 e. The topological polar surface area (TPSA) is 71.8 Å². The van der Waals surface area contributed by atoms with Crippen molar-refractivity contribution >= 4 is 17.5 Å². The van der Waals surface area contributed by atoms with E-state index in [0.717, 1.165) is 19.3 Å². The molecule has 1 saturated heterocycles. The highest BCUT2D eigenvalue weighted by Gasteiger charge is 2.58. The SMILES string of the molecule is COCc1ccc(C(=O)N2CCC3(CC2)CC3C(=O)Nc2cccc(F)c2)o1. The van der Waals surface area contributed by atoms with E-state index in [9.17, 15) is 14.0 Å². The Labute approximate surface area is 162 Å². The first-order valence-corrected chi connectivity index (χ1v) is 9.44. The molecule has 6 nitrogen and oxygen atoms in total. The minimum Gasteiger partial charge on any atom is -0.453 e. The van der Waals surface area contributed by atoms with Gasteiger partial charge in [0.1, 0.15) is 18.2 Å². The number of rotatable bonds is 5. The van der Waals surface area contributed by atoms with Crippen molar-refractivity contribution in [2.45, 2.75) is 25.9 Å². The lowest BCUT2D eigenvalue weighted by Gasteiger charge is -2.32. The lowest BCUT2D eigenvalue weighted by atomic mass is 9.90. The Balaban J connectivity index is 1.31. The number of furan rings is 1. The van der Waals surface area contributed by atoms with Crippen LogP contribution >= 0.6 is 0 Å². The number of benzene rings is 1. The van der Waals surface area contributed by atoms with Gasteiger partial charge >= 0.3 is 0 Å². The molecule has 148 valence electrons. The van der Waals surface area contributed by atoms with Gasteiger partial charge in [-0.1, -0.05) is 6.07 Å². The molecule has 1 spiro atoms. The van der Waals surface area contributed by atoms with Gasteiger partial charge in [-0.25, -0.2) is 4.39 Å². The van der Waals surface area contributed by atoms with Gasteiger partial charge in [-0.15, -0.1) is 0 Å². The molecule has 0 bridgehead atoms. The van der Waals surface area contributed by atoms with Crippen LogP contribution in [0, 0.1) is 17.2 Å². The summed E-state index contributed by atoms with van der Waals surface area (Å²) in [6.07, 6.45) is 2.38. The van der Waals surface area contributed by atoms with Crippen molar-refractivity contribution in [1.82, 2.24) is 4.90 Å². The second-order valence-electron chi connectivity index (χ2n) is 7.61. The van der Waals surface area contributed by atoms with E-state index in [-0.39, 0.29) is 29.0 Å². The molecule has 2 amide bonds. The lowest BCUT2D eigenvalue weighted by Crippen LogP contribution is -2.40. The van der Waals surface area contributed by atoms with Crippen LogP contribution in [0.5, 0.6) is 0 Å². The van der Waals surface area contributed by atoms with E-state index in [4.69, 9.17) is 9.15 Å². The highest BCUT2D eigenvalue weighted by Crippen LogP contribution is 2.59. The van der Waals surface area contributed by atoms with E-state index < -0.39 is 0 Å². The van der Waals surface area contributed by atoms with Crippen molar-refractivity contribution < 1.29 is 23.1 Å². The van der Waals surface area contributed by atoms with Crippen LogP contribution in [0.2, 0.25) is 0 Å². The minimum atomic E-state index is -0.373. The molecule has 1 aliphatic carbocycles. The van der Waals surface area contributed by atoms with E-state index in [0.29, 0.717) is 36.9 Å². The summed E-state index contributed by atoms with van der Waals surface area (Å²) in [7, 11) is 1.57. The van der Waals surface area contributed by atoms with Gasteiger partial charge in [0.15, 0.2) is 5.76 Å². The van der Waals surface area contributed by atoms with Crippen molar-refractivity contribution in [3.05, 3.63) is 53.7 Å². The zero-order chi connectivity index (χ0) is 19.7. The van der Waals surface area contributed by atoms with Crippen LogP contribution in [-0.4, -0.2) is 36.9 Å². The third-order valence-corrected chi connectivity index (χ3v) is 5.80. The smallest absolute Gasteiger partial charge is 0.289 e. The number of carbonyl (C=O) groups is 2. The molecule has 4 rings (SSSR count). The van der Waals surface area contributed by atoms with Crippen LogP contribution in [0.15, 0.2) is 40.8 Å². The lowest BCUT2D eigenvalue weighted by molar-refractivity contribution is -0.118. The highest BCUT2D eigenvalue weighted by atomic mass is 19.1. The summed E-state index contributed by atoms with van der Waals surface area (Å²) in [5, 5.41) is 2.80. The molecule has 1 aromatic heterocycles. The number of hydrogen-bond acceptors (Lipinski definition) is 4. The summed E-state index contributed by atoms with van der Waals surface area (Å²) < 4.78 is 23.8. The van der Waals surface area contributed by atoms with E-state index >= 15 is 0 Å². The fraction of sp³-hybridized carbons (Fsp3) is 0.429. The van der Waals surface area contributed by atoms with E-state index in [2.05, 4.69) is 5.32 Å². The minimum absolute atomic E-state index is 0.0431. The van der Waals surface area contributed by atoms with Crippen molar-refractivity contribution in [2.75, 3.05) is 25.5 Å². The summed E-state index contributed by atoms with van der Waals surface area (Å²) in [4.78, 5) is 26.9. The molecule has 1 aliphatic heterocycles. The van der Waals surface area contributed by atoms with E-state index in [1.54, 1.807) is 36.3 Å². The molecule has 2 aliphatic rings. The summed E-state index contributed by atoms with van der Waals surface area (Å²) in [5.41, 5.74) is 0.433. The van der Waals surface area contributed by atoms with Gasteiger partial charge in [-0.3, -0.25) is 9.59 Å². The fourth-order valence-electron chi connectivity index (χ4n) is 4.09. The van der Waals surface area contributed by atoms with Gasteiger partial charge in [0.2, 0.25) is 5.91 Å². The Bertz CT molecular complexity index is 886. The maximum Gasteiger partial charge on any atom is 0.289 e. The number of nitrogens with one attached hydrogen (secondary N) is 1. The van der Waals surface area contributed by atoms with Gasteiger partial charge in [0.05, 0.1) is 0 Å². The molecule has 1 unspecified atom stereocenters. The molecule has 7 heteroatoms. The first-order chi connectivity index (χ1) is 13.5. The molecule has 1 saturated carbocycles. The Morgan fingerprint density at radius 1 is 1.29 bits per heavy atom. The van der Waals surface area contributed by atoms with Crippen LogP contribution < -0.4 is 5.32 Å². The van der Waals surface area contributed by atoms with Crippen LogP contribution in [0.3, 0.4) is 0 Å². The number of carbonyl (C=O) groups excluding carboxylic acids is 2. The maximum atomic E-state index is 13.3. The number of methoxy groups -OCH3 is 1. The van der Waals surface area contributed by atoms with Gasteiger partial charge in [0.25, 0.3) is 5.91 Å². The van der Waals surface area contributed by atoms with E-state index in [1.807, 2.05) is 0 Å². The number of ether oxygens (including phenoxy) is 1. The standard InChI is InChI=1S/C21H23FN2O4/c1-27-13-16-5-6-18(28-16)20(26)24-9-7-21(8-10-24)12-17(21)19(25)23-15-4-2-3-14(22)11-15/h2-6,11,17H,7-10,12-13H2,1H3,(H,23,25). The summed E-state index contributed by atoms with van der Waals surface area (Å²) in [6.45, 7) is 1.53. The van der Waals surface area contributed by atoms with E-state index in [1.165, 1.54) is 12.1 Å². The van der Waals surface area contributed by atoms with Gasteiger partial charge in [-0.05, 0) is 55.0 Å². The molecule has 1 aromatic carbocycles. The van der Waals surface area contributed by atoms with Crippen molar-refractivity contribution in [2.24, 2.45) is 11.3 Å². The number of anilines is 1. The van der Waals surface area contributed by atoms with Crippen LogP contribution in [-0.2, 0) is 16.1 Å². The predicted octanol–water partition coefficient (Wildman–Crippen LogP) is 3.45. The monoisotopic (exact) mass is 386 g/mol. The second kappa shape index (κ2) is 7.39. The number of nitrogens with zero attached hydrogens (tertiary/aromatic N) is 1. The van der Waals surface area contributed by atoms with Crippen molar-refractivity contribution in [3.8, 4) is 0 Å². The number of halogens is 1. The molecular formula is C21H23FN2O4. The summed E-state index contributed by atoms with van der Waals surface area (Å²) in [5.74, 6) is 0.292. The maximum absolute atomic E-state index is 13.3. The Hall–Kier alpha value is -2.67. The van der Waals surface area contributed by atoms with Crippen LogP contribution in [0.4, 0.5) is 10.1 Å². The fourth-order valence-corrected chi connectivity index (χ4v) is 4.09. The zero-order valence-electron chi connectivity index (χ0n) is 15.7. The van der Waals surface area contributed by atoms with Crippen molar-refractivity contribution in [3.63, 3.8) is 0 Å². The molecular weight excluding hydrogens is 363 g/mol. The zero-order valence-corrected chi connectivity index (χ0v) is 15.7. The Morgan fingerprint density at radius 2 is 2.07 bits per heavy atom. The Morgan fingerprint density at radius 3 is 2.79 bits per heavy atom. The molecule has 2 fully saturated rings. The summed E-state index contributed by atoms with van der Waals surface area (Å²) in [6, 6.07) is 9.33. The first kappa shape index (κ1) is 18.7. The number of hydrogen-bond donors (Lipinski definition) is 1. The normalized spacial score (nSPS) is 20.2. The average Bonchev–Trinajstić information content (AvgIpc) is 3.17. The molecule has 2 aromatic rings. The highest BCUT2D eigenvalue weighted by molar-refractivity contribution is 5.95. The van der Waals surface area contributed by atoms with Crippen molar-refractivity contribution in [1.29, 1.82) is 0 Å². The summed E-state index contributed by atoms with van der Waals surface area (Å²) >= 11 is 0. The van der Waals surface area contributed by atoms with Gasteiger partial charge < -0.3 is 19.4 Å². The van der Waals surface area contributed by atoms with Gasteiger partial charge in [-0.2, -0.15) is 0 Å². The predicted molar refractivity (Wildman–Crippen MR) is 100 cm³/mol.